The molecule has 0 aromatic heterocycles. The van der Waals surface area contributed by atoms with Gasteiger partial charge in [-0.3, -0.25) is 0 Å². The van der Waals surface area contributed by atoms with Gasteiger partial charge in [-0.1, -0.05) is 15.6 Å². The summed E-state index contributed by atoms with van der Waals surface area (Å²) < 4.78 is 3.19. The van der Waals surface area contributed by atoms with E-state index in [2.05, 4.69) is 5.43 Å². The Balaban J connectivity index is 1.55. The Bertz CT molecular complexity index is 640. The van der Waals surface area contributed by atoms with Gasteiger partial charge in [-0.2, -0.15) is 0 Å². The molecule has 0 radical (unpaired) electrons. The van der Waals surface area contributed by atoms with Gasteiger partial charge in [-0.15, -0.1) is 0 Å². The number of anilines is 2. The van der Waals surface area contributed by atoms with Gasteiger partial charge in [0.2, 0.25) is 0 Å². The molecular formula is C14H14N4S3. The molecule has 0 saturated carbocycles. The molecular weight excluding hydrogens is 320 g/mol. The predicted molar refractivity (Wildman–Crippen MR) is 94.1 cm³/mol. The molecule has 0 bridgehead atoms. The van der Waals surface area contributed by atoms with Gasteiger partial charge in [0, 0.05) is 39.3 Å². The van der Waals surface area contributed by atoms with Crippen LogP contribution in [0, 0.1) is 0 Å². The quantitative estimate of drug-likeness (QED) is 0.578. The van der Waals surface area contributed by atoms with Crippen molar-refractivity contribution in [2.45, 2.75) is 9.79 Å². The van der Waals surface area contributed by atoms with Crippen LogP contribution in [0.3, 0.4) is 0 Å². The van der Waals surface area contributed by atoms with Gasteiger partial charge in [-0.05, 0) is 60.5 Å². The maximum absolute atomic E-state index is 5.69. The lowest BCUT2D eigenvalue weighted by Crippen LogP contribution is -2.14. The minimum Gasteiger partial charge on any atom is -0.399 e. The standard InChI is InChI=1S/C14H14N4S3/c15-10-1-5-12(6-2-10)19-14-9-17-18(21-14)20-13-7-3-11(16)4-8-13/h1-9,17H,15-16H2. The van der Waals surface area contributed by atoms with E-state index in [0.29, 0.717) is 0 Å². The highest BCUT2D eigenvalue weighted by molar-refractivity contribution is 8.25. The smallest absolute Gasteiger partial charge is 0.0805 e. The molecule has 1 aliphatic rings. The third kappa shape index (κ3) is 4.04. The molecule has 4 nitrogen and oxygen atoms in total. The second kappa shape index (κ2) is 6.57. The van der Waals surface area contributed by atoms with Crippen molar-refractivity contribution in [3.05, 3.63) is 59.0 Å². The molecule has 0 saturated heterocycles. The van der Waals surface area contributed by atoms with Crippen LogP contribution >= 0.6 is 35.7 Å². The number of nitrogen functional groups attached to an aromatic ring is 2. The van der Waals surface area contributed by atoms with Gasteiger partial charge >= 0.3 is 0 Å². The molecule has 0 atom stereocenters. The lowest BCUT2D eigenvalue weighted by Gasteiger charge is -2.13. The molecule has 1 aliphatic heterocycles. The number of rotatable bonds is 4. The molecule has 0 unspecified atom stereocenters. The zero-order valence-corrected chi connectivity index (χ0v) is 13.5. The summed E-state index contributed by atoms with van der Waals surface area (Å²) in [6.07, 6.45) is 2.00. The normalized spacial score (nSPS) is 14.8. The van der Waals surface area contributed by atoms with Crippen molar-refractivity contribution in [2.24, 2.45) is 0 Å². The van der Waals surface area contributed by atoms with E-state index < -0.39 is 0 Å². The van der Waals surface area contributed by atoms with Crippen LogP contribution in [0.2, 0.25) is 0 Å². The van der Waals surface area contributed by atoms with Crippen LogP contribution in [0.25, 0.3) is 0 Å². The summed E-state index contributed by atoms with van der Waals surface area (Å²) in [6, 6.07) is 15.7. The maximum atomic E-state index is 5.69. The van der Waals surface area contributed by atoms with E-state index in [0.717, 1.165) is 16.3 Å². The van der Waals surface area contributed by atoms with Crippen LogP contribution in [-0.4, -0.2) is 3.82 Å². The van der Waals surface area contributed by atoms with Gasteiger partial charge < -0.3 is 16.9 Å². The van der Waals surface area contributed by atoms with Crippen LogP contribution in [-0.2, 0) is 0 Å². The summed E-state index contributed by atoms with van der Waals surface area (Å²) in [6.45, 7) is 0. The Morgan fingerprint density at radius 3 is 2.05 bits per heavy atom. The number of hydrogen-bond donors (Lipinski definition) is 3. The molecule has 2 aromatic carbocycles. The van der Waals surface area contributed by atoms with Gasteiger partial charge in [-0.25, -0.2) is 0 Å². The zero-order valence-electron chi connectivity index (χ0n) is 11.0. The first-order valence-electron chi connectivity index (χ1n) is 6.20. The third-order valence-corrected chi connectivity index (χ3v) is 5.70. The number of nitrogens with two attached hydrogens (primary N) is 2. The Morgan fingerprint density at radius 2 is 1.43 bits per heavy atom. The SMILES string of the molecule is Nc1ccc(SC2=CNN(Sc3ccc(N)cc3)S2)cc1. The van der Waals surface area contributed by atoms with Crippen molar-refractivity contribution >= 4 is 47.0 Å². The fraction of sp³-hybridized carbons (Fsp3) is 0. The molecule has 108 valence electrons. The van der Waals surface area contributed by atoms with Crippen molar-refractivity contribution in [2.75, 3.05) is 11.5 Å². The predicted octanol–water partition coefficient (Wildman–Crippen LogP) is 3.92. The Hall–Kier alpha value is -1.41. The van der Waals surface area contributed by atoms with E-state index in [4.69, 9.17) is 11.5 Å². The van der Waals surface area contributed by atoms with Gasteiger partial charge in [0.25, 0.3) is 0 Å². The van der Waals surface area contributed by atoms with Gasteiger partial charge in [0.15, 0.2) is 0 Å². The lowest BCUT2D eigenvalue weighted by molar-refractivity contribution is 0.667. The van der Waals surface area contributed by atoms with Crippen molar-refractivity contribution < 1.29 is 0 Å². The Kier molecular flexibility index (Phi) is 4.54. The topological polar surface area (TPSA) is 67.3 Å². The number of hydrogen-bond acceptors (Lipinski definition) is 7. The van der Waals surface area contributed by atoms with Crippen LogP contribution in [0.5, 0.6) is 0 Å². The first kappa shape index (κ1) is 14.5. The highest BCUT2D eigenvalue weighted by atomic mass is 32.2. The van der Waals surface area contributed by atoms with Crippen LogP contribution in [0.4, 0.5) is 11.4 Å². The molecule has 1 heterocycles. The molecule has 0 amide bonds. The van der Waals surface area contributed by atoms with Crippen LogP contribution in [0.15, 0.2) is 68.8 Å². The van der Waals surface area contributed by atoms with E-state index >= 15 is 0 Å². The molecule has 7 heteroatoms. The summed E-state index contributed by atoms with van der Waals surface area (Å²) in [7, 11) is 0. The number of thioether (sulfide) groups is 1. The van der Waals surface area contributed by atoms with Crippen molar-refractivity contribution in [1.82, 2.24) is 9.25 Å². The minimum absolute atomic E-state index is 0.777. The van der Waals surface area contributed by atoms with E-state index in [-0.39, 0.29) is 0 Å². The Morgan fingerprint density at radius 1 is 0.857 bits per heavy atom. The zero-order chi connectivity index (χ0) is 14.7. The molecule has 0 spiro atoms. The number of hydrazine groups is 1. The highest BCUT2D eigenvalue weighted by Crippen LogP contribution is 2.43. The summed E-state index contributed by atoms with van der Waals surface area (Å²) in [4.78, 5) is 2.31. The van der Waals surface area contributed by atoms with E-state index in [1.54, 1.807) is 35.7 Å². The molecule has 5 N–H and O–H groups in total. The lowest BCUT2D eigenvalue weighted by atomic mass is 10.3. The third-order valence-electron chi connectivity index (χ3n) is 2.63. The monoisotopic (exact) mass is 334 g/mol. The highest BCUT2D eigenvalue weighted by Gasteiger charge is 2.17. The fourth-order valence-electron chi connectivity index (χ4n) is 1.61. The van der Waals surface area contributed by atoms with Crippen molar-refractivity contribution in [3.8, 4) is 0 Å². The van der Waals surface area contributed by atoms with E-state index in [1.807, 2.05) is 58.6 Å². The molecule has 2 aromatic rings. The summed E-state index contributed by atoms with van der Waals surface area (Å²) in [5.74, 6) is 0. The summed E-state index contributed by atoms with van der Waals surface area (Å²) in [5.41, 5.74) is 16.2. The van der Waals surface area contributed by atoms with Crippen LogP contribution in [0.1, 0.15) is 0 Å². The molecule has 3 rings (SSSR count). The average Bonchev–Trinajstić information content (AvgIpc) is 2.91. The van der Waals surface area contributed by atoms with Gasteiger partial charge in [0.05, 0.1) is 4.24 Å². The number of nitrogens with one attached hydrogen (secondary N) is 1. The van der Waals surface area contributed by atoms with E-state index in [9.17, 15) is 0 Å². The second-order valence-corrected chi connectivity index (χ2v) is 7.88. The first-order valence-corrected chi connectivity index (χ1v) is 8.57. The first-order chi connectivity index (χ1) is 10.2. The maximum Gasteiger partial charge on any atom is 0.0805 e. The summed E-state index contributed by atoms with van der Waals surface area (Å²) >= 11 is 4.98. The molecule has 21 heavy (non-hydrogen) atoms. The fourth-order valence-corrected chi connectivity index (χ4v) is 4.61. The average molecular weight is 334 g/mol. The Labute approximate surface area is 136 Å². The number of nitrogens with zero attached hydrogens (tertiary/aromatic N) is 1. The molecule has 0 aliphatic carbocycles. The van der Waals surface area contributed by atoms with Crippen molar-refractivity contribution in [1.29, 1.82) is 0 Å². The summed E-state index contributed by atoms with van der Waals surface area (Å²) in [5, 5.41) is 0. The van der Waals surface area contributed by atoms with Crippen molar-refractivity contribution in [3.63, 3.8) is 0 Å². The number of benzene rings is 2. The molecule has 0 fully saturated rings. The largest absolute Gasteiger partial charge is 0.399 e. The van der Waals surface area contributed by atoms with Crippen LogP contribution < -0.4 is 16.9 Å². The minimum atomic E-state index is 0.777. The van der Waals surface area contributed by atoms with E-state index in [1.165, 1.54) is 9.13 Å². The van der Waals surface area contributed by atoms with Gasteiger partial charge in [0.1, 0.15) is 0 Å². The second-order valence-electron chi connectivity index (χ2n) is 4.27.